The van der Waals surface area contributed by atoms with Crippen LogP contribution >= 0.6 is 0 Å². The molecule has 2 aromatic carbocycles. The van der Waals surface area contributed by atoms with E-state index in [4.69, 9.17) is 16.2 Å². The van der Waals surface area contributed by atoms with Crippen LogP contribution in [0.25, 0.3) is 11.3 Å². The predicted octanol–water partition coefficient (Wildman–Crippen LogP) is 3.08. The molecule has 1 aliphatic rings. The lowest BCUT2D eigenvalue weighted by Crippen LogP contribution is -2.33. The minimum atomic E-state index is -3.39. The van der Waals surface area contributed by atoms with Gasteiger partial charge < -0.3 is 21.5 Å². The summed E-state index contributed by atoms with van der Waals surface area (Å²) in [5.74, 6) is -5.65. The van der Waals surface area contributed by atoms with Gasteiger partial charge in [0.15, 0.2) is 6.04 Å². The maximum absolute atomic E-state index is 14.9. The maximum atomic E-state index is 14.9. The molecule has 1 atom stereocenters. The Hall–Kier alpha value is -4.61. The first kappa shape index (κ1) is 24.5. The highest BCUT2D eigenvalue weighted by atomic mass is 19.3. The Morgan fingerprint density at radius 3 is 2.64 bits per heavy atom. The average molecular weight is 498 g/mol. The minimum absolute atomic E-state index is 0.0816. The summed E-state index contributed by atoms with van der Waals surface area (Å²) in [4.78, 5) is 28.3. The van der Waals surface area contributed by atoms with Crippen LogP contribution in [0.15, 0.2) is 59.7 Å². The van der Waals surface area contributed by atoms with E-state index in [0.717, 1.165) is 23.2 Å². The summed E-state index contributed by atoms with van der Waals surface area (Å²) in [5, 5.41) is 6.67. The van der Waals surface area contributed by atoms with Crippen LogP contribution in [0.5, 0.6) is 5.75 Å². The van der Waals surface area contributed by atoms with Crippen molar-refractivity contribution in [1.29, 1.82) is 0 Å². The highest BCUT2D eigenvalue weighted by Crippen LogP contribution is 2.36. The molecule has 0 bridgehead atoms. The first-order valence-electron chi connectivity index (χ1n) is 10.6. The van der Waals surface area contributed by atoms with Gasteiger partial charge in [-0.15, -0.1) is 0 Å². The number of benzene rings is 2. The minimum Gasteiger partial charge on any atom is -0.496 e. The van der Waals surface area contributed by atoms with E-state index in [9.17, 15) is 22.8 Å². The summed E-state index contributed by atoms with van der Waals surface area (Å²) in [5.41, 5.74) is 11.4. The van der Waals surface area contributed by atoms with E-state index in [0.29, 0.717) is 11.8 Å². The highest BCUT2D eigenvalue weighted by molar-refractivity contribution is 6.03. The fraction of sp³-hybridized carbons (Fsp3) is 0.167. The number of nitrogens with one attached hydrogen (secondary N) is 1. The number of anilines is 1. The number of amides is 2. The number of ether oxygens (including phenoxy) is 1. The molecule has 1 aromatic heterocycles. The topological polar surface area (TPSA) is 138 Å². The number of para-hydroxylation sites is 1. The molecule has 1 aliphatic heterocycles. The number of alkyl halides is 2. The van der Waals surface area contributed by atoms with Gasteiger partial charge in [0.05, 0.1) is 12.7 Å². The average Bonchev–Trinajstić information content (AvgIpc) is 3.19. The number of primary amides is 1. The van der Waals surface area contributed by atoms with Crippen LogP contribution in [0.3, 0.4) is 0 Å². The monoisotopic (exact) mass is 498 g/mol. The number of nitrogens with zero attached hydrogens (tertiary/aromatic N) is 3. The van der Waals surface area contributed by atoms with E-state index in [1.54, 1.807) is 24.3 Å². The maximum Gasteiger partial charge on any atom is 0.295 e. The second-order valence-electron chi connectivity index (χ2n) is 7.84. The molecule has 12 heteroatoms. The van der Waals surface area contributed by atoms with Crippen molar-refractivity contribution in [2.45, 2.75) is 18.5 Å². The predicted molar refractivity (Wildman–Crippen MR) is 126 cm³/mol. The molecule has 0 saturated carbocycles. The van der Waals surface area contributed by atoms with Crippen molar-refractivity contribution in [1.82, 2.24) is 15.1 Å². The lowest BCUT2D eigenvalue weighted by atomic mass is 10.0. The normalized spacial score (nSPS) is 16.1. The third-order valence-corrected chi connectivity index (χ3v) is 5.58. The Morgan fingerprint density at radius 2 is 1.97 bits per heavy atom. The standard InChI is InChI=1S/C24H21F3N6O3/c1-36-17-5-3-2-4-15(17)23(35)31-11-14-7-6-13(10-16(14)25)20-19(22(29)34)21(28)33(32-20)18-12-30-9-8-24(18,26)27/h2-10,12,18H,11,28H2,1H3,(H2,29,34)(H,31,35). The summed E-state index contributed by atoms with van der Waals surface area (Å²) in [6.45, 7) is -0.153. The van der Waals surface area contributed by atoms with Gasteiger partial charge in [-0.05, 0) is 18.2 Å². The van der Waals surface area contributed by atoms with Crippen molar-refractivity contribution in [3.05, 3.63) is 77.2 Å². The molecule has 0 fully saturated rings. The summed E-state index contributed by atoms with van der Waals surface area (Å²) < 4.78 is 49.6. The molecule has 2 heterocycles. The van der Waals surface area contributed by atoms with E-state index in [1.807, 2.05) is 0 Å². The van der Waals surface area contributed by atoms with Crippen molar-refractivity contribution >= 4 is 23.8 Å². The van der Waals surface area contributed by atoms with Crippen LogP contribution in [0, 0.1) is 5.82 Å². The number of rotatable bonds is 7. The second kappa shape index (κ2) is 9.56. The Kier molecular flexibility index (Phi) is 6.51. The smallest absolute Gasteiger partial charge is 0.295 e. The summed E-state index contributed by atoms with van der Waals surface area (Å²) in [6, 6.07) is 8.69. The highest BCUT2D eigenvalue weighted by Gasteiger charge is 2.41. The zero-order valence-corrected chi connectivity index (χ0v) is 18.9. The van der Waals surface area contributed by atoms with Crippen molar-refractivity contribution in [2.75, 3.05) is 12.8 Å². The molecule has 3 aromatic rings. The molecule has 0 saturated heterocycles. The molecule has 4 rings (SSSR count). The van der Waals surface area contributed by atoms with E-state index >= 15 is 0 Å². The van der Waals surface area contributed by atoms with Crippen LogP contribution in [0.1, 0.15) is 32.3 Å². The number of aliphatic imine (C=N–C) groups is 1. The number of hydrogen-bond acceptors (Lipinski definition) is 6. The first-order chi connectivity index (χ1) is 17.1. The van der Waals surface area contributed by atoms with Gasteiger partial charge in [0.2, 0.25) is 0 Å². The Labute approximate surface area is 203 Å². The molecule has 0 radical (unpaired) electrons. The Balaban J connectivity index is 1.62. The van der Waals surface area contributed by atoms with Gasteiger partial charge in [0.1, 0.15) is 28.6 Å². The molecule has 186 valence electrons. The lowest BCUT2D eigenvalue weighted by Gasteiger charge is -2.23. The van der Waals surface area contributed by atoms with Gasteiger partial charge in [-0.3, -0.25) is 14.6 Å². The number of allylic oxidation sites excluding steroid dienone is 1. The number of methoxy groups -OCH3 is 1. The van der Waals surface area contributed by atoms with Crippen LogP contribution in [0.4, 0.5) is 19.0 Å². The van der Waals surface area contributed by atoms with Crippen LogP contribution in [-0.2, 0) is 6.54 Å². The molecule has 5 N–H and O–H groups in total. The zero-order valence-electron chi connectivity index (χ0n) is 18.9. The lowest BCUT2D eigenvalue weighted by molar-refractivity contribution is 0.0203. The van der Waals surface area contributed by atoms with Gasteiger partial charge in [-0.1, -0.05) is 24.3 Å². The number of carbonyl (C=O) groups excluding carboxylic acids is 2. The summed E-state index contributed by atoms with van der Waals surface area (Å²) >= 11 is 0. The van der Waals surface area contributed by atoms with Crippen molar-refractivity contribution < 1.29 is 27.5 Å². The number of carbonyl (C=O) groups is 2. The van der Waals surface area contributed by atoms with E-state index in [2.05, 4.69) is 15.4 Å². The number of nitrogens with two attached hydrogens (primary N) is 2. The Bertz CT molecular complexity index is 1400. The van der Waals surface area contributed by atoms with Gasteiger partial charge in [-0.2, -0.15) is 13.9 Å². The van der Waals surface area contributed by atoms with E-state index in [-0.39, 0.29) is 34.5 Å². The molecule has 9 nitrogen and oxygen atoms in total. The molecule has 1 unspecified atom stereocenters. The van der Waals surface area contributed by atoms with Gasteiger partial charge in [-0.25, -0.2) is 9.07 Å². The van der Waals surface area contributed by atoms with E-state index in [1.165, 1.54) is 19.2 Å². The number of aromatic nitrogens is 2. The first-order valence-corrected chi connectivity index (χ1v) is 10.6. The van der Waals surface area contributed by atoms with Crippen molar-refractivity contribution in [3.63, 3.8) is 0 Å². The number of hydrogen-bond donors (Lipinski definition) is 3. The molecule has 0 spiro atoms. The van der Waals surface area contributed by atoms with Crippen LogP contribution < -0.4 is 21.5 Å². The molecular weight excluding hydrogens is 477 g/mol. The third-order valence-electron chi connectivity index (χ3n) is 5.58. The van der Waals surface area contributed by atoms with Crippen LogP contribution in [0.2, 0.25) is 0 Å². The zero-order chi connectivity index (χ0) is 26.0. The Morgan fingerprint density at radius 1 is 1.22 bits per heavy atom. The molecule has 36 heavy (non-hydrogen) atoms. The number of nitrogen functional groups attached to an aromatic ring is 1. The molecule has 2 amide bonds. The SMILES string of the molecule is COc1ccccc1C(=O)NCc1ccc(-c2nn(C3C=NC=CC3(F)F)c(N)c2C(N)=O)cc1F. The fourth-order valence-corrected chi connectivity index (χ4v) is 3.74. The van der Waals surface area contributed by atoms with Crippen molar-refractivity contribution in [3.8, 4) is 17.0 Å². The summed E-state index contributed by atoms with van der Waals surface area (Å²) in [7, 11) is 1.43. The molecular formula is C24H21F3N6O3. The largest absolute Gasteiger partial charge is 0.496 e. The van der Waals surface area contributed by atoms with Crippen molar-refractivity contribution in [2.24, 2.45) is 10.7 Å². The number of halogens is 3. The van der Waals surface area contributed by atoms with Gasteiger partial charge in [0.25, 0.3) is 17.7 Å². The molecule has 0 aliphatic carbocycles. The van der Waals surface area contributed by atoms with E-state index < -0.39 is 35.4 Å². The van der Waals surface area contributed by atoms with Crippen LogP contribution in [-0.4, -0.2) is 40.8 Å². The quantitative estimate of drug-likeness (QED) is 0.460. The fourth-order valence-electron chi connectivity index (χ4n) is 3.74. The summed E-state index contributed by atoms with van der Waals surface area (Å²) in [6.07, 6.45) is 2.45. The third kappa shape index (κ3) is 4.52. The van der Waals surface area contributed by atoms with Gasteiger partial charge in [0, 0.05) is 36.2 Å². The second-order valence-corrected chi connectivity index (χ2v) is 7.84. The van der Waals surface area contributed by atoms with Gasteiger partial charge >= 0.3 is 0 Å².